The van der Waals surface area contributed by atoms with Crippen molar-refractivity contribution in [1.29, 1.82) is 0 Å². The topological polar surface area (TPSA) is 40.5 Å². The van der Waals surface area contributed by atoms with Crippen LogP contribution in [0.2, 0.25) is 0 Å². The molecular formula is C10H10F6O2S. The van der Waals surface area contributed by atoms with Crippen LogP contribution in [0.15, 0.2) is 17.5 Å². The van der Waals surface area contributed by atoms with Crippen LogP contribution in [-0.2, 0) is 0 Å². The highest BCUT2D eigenvalue weighted by Crippen LogP contribution is 2.51. The average molecular weight is 308 g/mol. The molecular weight excluding hydrogens is 298 g/mol. The molecule has 1 aromatic heterocycles. The molecule has 1 heterocycles. The SMILES string of the molecule is CC(C(O)c1cccs1)C(O)(C(F)(F)F)C(F)(F)F. The van der Waals surface area contributed by atoms with Crippen molar-refractivity contribution in [2.24, 2.45) is 5.92 Å². The highest BCUT2D eigenvalue weighted by Gasteiger charge is 2.73. The Morgan fingerprint density at radius 1 is 1.11 bits per heavy atom. The summed E-state index contributed by atoms with van der Waals surface area (Å²) in [6.07, 6.45) is -14.0. The van der Waals surface area contributed by atoms with E-state index in [1.54, 1.807) is 0 Å². The molecule has 110 valence electrons. The predicted octanol–water partition coefficient (Wildman–Crippen LogP) is 3.27. The smallest absolute Gasteiger partial charge is 0.387 e. The van der Waals surface area contributed by atoms with Crippen LogP contribution in [0.25, 0.3) is 0 Å². The van der Waals surface area contributed by atoms with E-state index >= 15 is 0 Å². The Morgan fingerprint density at radius 3 is 1.89 bits per heavy atom. The van der Waals surface area contributed by atoms with Gasteiger partial charge in [0.2, 0.25) is 0 Å². The third kappa shape index (κ3) is 2.72. The maximum absolute atomic E-state index is 12.6. The number of halogens is 6. The van der Waals surface area contributed by atoms with Gasteiger partial charge < -0.3 is 10.2 Å². The fraction of sp³-hybridized carbons (Fsp3) is 0.600. The average Bonchev–Trinajstić information content (AvgIpc) is 2.76. The highest BCUT2D eigenvalue weighted by atomic mass is 32.1. The van der Waals surface area contributed by atoms with Crippen molar-refractivity contribution < 1.29 is 36.6 Å². The summed E-state index contributed by atoms with van der Waals surface area (Å²) in [5.41, 5.74) is -4.97. The summed E-state index contributed by atoms with van der Waals surface area (Å²) in [7, 11) is 0. The van der Waals surface area contributed by atoms with Gasteiger partial charge in [0.05, 0.1) is 6.10 Å². The lowest BCUT2D eigenvalue weighted by Gasteiger charge is -2.38. The monoisotopic (exact) mass is 308 g/mol. The van der Waals surface area contributed by atoms with Crippen molar-refractivity contribution in [3.05, 3.63) is 22.4 Å². The van der Waals surface area contributed by atoms with Gasteiger partial charge in [-0.05, 0) is 11.4 Å². The van der Waals surface area contributed by atoms with Gasteiger partial charge >= 0.3 is 12.4 Å². The third-order valence-electron chi connectivity index (χ3n) is 2.83. The van der Waals surface area contributed by atoms with E-state index in [0.29, 0.717) is 6.92 Å². The molecule has 0 aliphatic rings. The molecule has 0 radical (unpaired) electrons. The molecule has 0 aliphatic heterocycles. The zero-order chi connectivity index (χ0) is 15.1. The molecule has 0 saturated carbocycles. The van der Waals surface area contributed by atoms with Crippen LogP contribution < -0.4 is 0 Å². The molecule has 9 heteroatoms. The van der Waals surface area contributed by atoms with Crippen molar-refractivity contribution in [1.82, 2.24) is 0 Å². The Kier molecular flexibility index (Phi) is 4.23. The molecule has 2 unspecified atom stereocenters. The summed E-state index contributed by atoms with van der Waals surface area (Å²) in [4.78, 5) is -0.0839. The number of aliphatic hydroxyl groups is 2. The van der Waals surface area contributed by atoms with Crippen LogP contribution in [0.3, 0.4) is 0 Å². The quantitative estimate of drug-likeness (QED) is 0.841. The van der Waals surface area contributed by atoms with Gasteiger partial charge in [0, 0.05) is 10.8 Å². The van der Waals surface area contributed by atoms with Gasteiger partial charge in [-0.25, -0.2) is 0 Å². The van der Waals surface area contributed by atoms with Crippen molar-refractivity contribution in [3.63, 3.8) is 0 Å². The molecule has 1 aromatic rings. The van der Waals surface area contributed by atoms with E-state index in [1.807, 2.05) is 0 Å². The molecule has 0 bridgehead atoms. The van der Waals surface area contributed by atoms with E-state index in [2.05, 4.69) is 0 Å². The second-order valence-corrected chi connectivity index (χ2v) is 4.99. The fourth-order valence-corrected chi connectivity index (χ4v) is 2.43. The number of hydrogen-bond donors (Lipinski definition) is 2. The molecule has 19 heavy (non-hydrogen) atoms. The summed E-state index contributed by atoms with van der Waals surface area (Å²) >= 11 is 0.801. The number of alkyl halides is 6. The largest absolute Gasteiger partial charge is 0.426 e. The minimum atomic E-state index is -5.94. The normalized spacial score (nSPS) is 17.3. The molecule has 0 amide bonds. The first-order valence-electron chi connectivity index (χ1n) is 5.00. The Morgan fingerprint density at radius 2 is 1.58 bits per heavy atom. The van der Waals surface area contributed by atoms with Gasteiger partial charge in [0.25, 0.3) is 5.60 Å². The first-order chi connectivity index (χ1) is 8.43. The second kappa shape index (κ2) is 4.95. The van der Waals surface area contributed by atoms with E-state index in [1.165, 1.54) is 17.5 Å². The lowest BCUT2D eigenvalue weighted by Crippen LogP contribution is -2.62. The summed E-state index contributed by atoms with van der Waals surface area (Å²) < 4.78 is 75.4. The molecule has 0 spiro atoms. The minimum absolute atomic E-state index is 0.0839. The summed E-state index contributed by atoms with van der Waals surface area (Å²) in [6.45, 7) is 0.505. The van der Waals surface area contributed by atoms with Crippen LogP contribution in [0, 0.1) is 5.92 Å². The standard InChI is InChI=1S/C10H10F6O2S/c1-5(7(17)6-3-2-4-19-6)8(18,9(11,12)13)10(14,15)16/h2-5,7,17-18H,1H3. The molecule has 0 aliphatic carbocycles. The van der Waals surface area contributed by atoms with Gasteiger partial charge in [-0.15, -0.1) is 11.3 Å². The van der Waals surface area contributed by atoms with Gasteiger partial charge in [-0.1, -0.05) is 13.0 Å². The second-order valence-electron chi connectivity index (χ2n) is 4.01. The van der Waals surface area contributed by atoms with E-state index < -0.39 is 30.0 Å². The summed E-state index contributed by atoms with van der Waals surface area (Å²) in [5.74, 6) is -2.49. The Balaban J connectivity index is 3.20. The third-order valence-corrected chi connectivity index (χ3v) is 3.77. The lowest BCUT2D eigenvalue weighted by atomic mass is 9.82. The minimum Gasteiger partial charge on any atom is -0.387 e. The van der Waals surface area contributed by atoms with Crippen LogP contribution in [0.5, 0.6) is 0 Å². The molecule has 0 fully saturated rings. The van der Waals surface area contributed by atoms with Gasteiger partial charge in [0.1, 0.15) is 0 Å². The first kappa shape index (κ1) is 16.3. The van der Waals surface area contributed by atoms with Crippen LogP contribution in [0.1, 0.15) is 17.9 Å². The Bertz CT molecular complexity index is 397. The van der Waals surface area contributed by atoms with Crippen LogP contribution in [-0.4, -0.2) is 28.2 Å². The summed E-state index contributed by atoms with van der Waals surface area (Å²) in [6, 6.07) is 2.56. The zero-order valence-corrected chi connectivity index (χ0v) is 10.3. The molecule has 0 saturated heterocycles. The number of thiophene rings is 1. The fourth-order valence-electron chi connectivity index (χ4n) is 1.61. The maximum atomic E-state index is 12.6. The van der Waals surface area contributed by atoms with Crippen LogP contribution in [0.4, 0.5) is 26.3 Å². The molecule has 2 atom stereocenters. The molecule has 1 rings (SSSR count). The lowest BCUT2D eigenvalue weighted by molar-refractivity contribution is -0.389. The van der Waals surface area contributed by atoms with Gasteiger partial charge in [0.15, 0.2) is 0 Å². The van der Waals surface area contributed by atoms with Crippen molar-refractivity contribution >= 4 is 11.3 Å². The van der Waals surface area contributed by atoms with Crippen molar-refractivity contribution in [3.8, 4) is 0 Å². The number of aliphatic hydroxyl groups excluding tert-OH is 1. The summed E-state index contributed by atoms with van der Waals surface area (Å²) in [5, 5.41) is 20.1. The van der Waals surface area contributed by atoms with E-state index in [-0.39, 0.29) is 4.88 Å². The molecule has 0 aromatic carbocycles. The van der Waals surface area contributed by atoms with E-state index in [0.717, 1.165) is 11.3 Å². The van der Waals surface area contributed by atoms with Crippen molar-refractivity contribution in [2.75, 3.05) is 0 Å². The predicted molar refractivity (Wildman–Crippen MR) is 55.5 cm³/mol. The van der Waals surface area contributed by atoms with Gasteiger partial charge in [-0.2, -0.15) is 26.3 Å². The first-order valence-corrected chi connectivity index (χ1v) is 5.88. The zero-order valence-electron chi connectivity index (χ0n) is 9.46. The Labute approximate surface area is 108 Å². The highest BCUT2D eigenvalue weighted by molar-refractivity contribution is 7.10. The number of rotatable bonds is 3. The number of hydrogen-bond acceptors (Lipinski definition) is 3. The van der Waals surface area contributed by atoms with Gasteiger partial charge in [-0.3, -0.25) is 0 Å². The molecule has 2 N–H and O–H groups in total. The van der Waals surface area contributed by atoms with Crippen LogP contribution >= 0.6 is 11.3 Å². The van der Waals surface area contributed by atoms with E-state index in [9.17, 15) is 31.4 Å². The van der Waals surface area contributed by atoms with Crippen molar-refractivity contribution in [2.45, 2.75) is 31.0 Å². The van der Waals surface area contributed by atoms with E-state index in [4.69, 9.17) is 5.11 Å². The Hall–Kier alpha value is -0.800. The molecule has 2 nitrogen and oxygen atoms in total. The maximum Gasteiger partial charge on any atom is 0.426 e.